The maximum Gasteiger partial charge on any atom is 0.423 e. The van der Waals surface area contributed by atoms with Crippen molar-refractivity contribution in [2.24, 2.45) is 0 Å². The number of hydrazine groups is 1. The summed E-state index contributed by atoms with van der Waals surface area (Å²) in [7, 11) is -4.06. The molecule has 242 valence electrons. The second-order valence-corrected chi connectivity index (χ2v) is 12.7. The number of ether oxygens (including phenoxy) is 1. The maximum absolute atomic E-state index is 12.9. The molecule has 3 amide bonds. The van der Waals surface area contributed by atoms with E-state index in [2.05, 4.69) is 20.0 Å². The van der Waals surface area contributed by atoms with Gasteiger partial charge in [0, 0.05) is 12.7 Å². The number of carboxylic acid groups (broad SMARTS) is 1. The Morgan fingerprint density at radius 3 is 2.17 bits per heavy atom. The van der Waals surface area contributed by atoms with Crippen LogP contribution in [-0.4, -0.2) is 64.3 Å². The van der Waals surface area contributed by atoms with Gasteiger partial charge in [0.2, 0.25) is 4.34 Å². The van der Waals surface area contributed by atoms with Gasteiger partial charge in [-0.25, -0.2) is 42.9 Å². The van der Waals surface area contributed by atoms with Gasteiger partial charge < -0.3 is 9.84 Å². The summed E-state index contributed by atoms with van der Waals surface area (Å²) in [6, 6.07) is 26.3. The standard InChI is InChI=1S/C30H27N7O8S2/c38-25(37(35-28(40)41)18-16-31-47(43,44)30-32-22-13-7-8-14-23(22)46-30)19-36-17-15-24(33-27(36)39)34-29(42)45-26(20-9-3-1-4-10-20)21-11-5-2-6-12-21/h1-15,17,26,31,35H,16,18-19H2,(H,40,41)(H,33,34,39,42). The molecule has 0 aliphatic heterocycles. The first kappa shape index (κ1) is 32.7. The lowest BCUT2D eigenvalue weighted by Crippen LogP contribution is -2.50. The van der Waals surface area contributed by atoms with E-state index in [0.717, 1.165) is 27.0 Å². The molecule has 15 nitrogen and oxygen atoms in total. The highest BCUT2D eigenvalue weighted by Crippen LogP contribution is 2.26. The predicted octanol–water partition coefficient (Wildman–Crippen LogP) is 3.18. The molecule has 0 atom stereocenters. The fraction of sp³-hybridized carbons (Fsp3) is 0.133. The second-order valence-electron chi connectivity index (χ2n) is 9.76. The van der Waals surface area contributed by atoms with Crippen molar-refractivity contribution in [2.45, 2.75) is 17.0 Å². The van der Waals surface area contributed by atoms with Gasteiger partial charge >= 0.3 is 17.9 Å². The summed E-state index contributed by atoms with van der Waals surface area (Å²) in [5, 5.41) is 12.3. The second kappa shape index (κ2) is 14.6. The Kier molecular flexibility index (Phi) is 10.2. The first-order chi connectivity index (χ1) is 22.6. The van der Waals surface area contributed by atoms with Crippen LogP contribution in [0.1, 0.15) is 17.2 Å². The average molecular weight is 678 g/mol. The number of thiazole rings is 1. The van der Waals surface area contributed by atoms with Gasteiger partial charge in [-0.1, -0.05) is 72.8 Å². The van der Waals surface area contributed by atoms with Gasteiger partial charge in [0.15, 0.2) is 6.10 Å². The highest BCUT2D eigenvalue weighted by atomic mass is 32.2. The van der Waals surface area contributed by atoms with Crippen molar-refractivity contribution in [3.8, 4) is 0 Å². The number of benzene rings is 3. The fourth-order valence-corrected chi connectivity index (χ4v) is 6.64. The van der Waals surface area contributed by atoms with Crippen LogP contribution in [0.15, 0.2) is 106 Å². The molecule has 0 unspecified atom stereocenters. The van der Waals surface area contributed by atoms with Crippen molar-refractivity contribution in [1.82, 2.24) is 29.7 Å². The number of aromatic nitrogens is 3. The highest BCUT2D eigenvalue weighted by Gasteiger charge is 2.23. The van der Waals surface area contributed by atoms with Crippen molar-refractivity contribution in [2.75, 3.05) is 18.4 Å². The van der Waals surface area contributed by atoms with Gasteiger partial charge in [0.25, 0.3) is 15.9 Å². The van der Waals surface area contributed by atoms with Gasteiger partial charge in [0.1, 0.15) is 12.4 Å². The summed E-state index contributed by atoms with van der Waals surface area (Å²) in [5.41, 5.74) is 2.91. The quantitative estimate of drug-likeness (QED) is 0.150. The average Bonchev–Trinajstić information content (AvgIpc) is 3.51. The Bertz CT molecular complexity index is 1980. The number of fused-ring (bicyclic) bond motifs is 1. The molecule has 0 aliphatic carbocycles. The Hall–Kier alpha value is -5.65. The number of sulfonamides is 1. The van der Waals surface area contributed by atoms with E-state index in [1.54, 1.807) is 24.3 Å². The first-order valence-corrected chi connectivity index (χ1v) is 16.2. The molecule has 0 bridgehead atoms. The van der Waals surface area contributed by atoms with Crippen LogP contribution in [0.4, 0.5) is 15.4 Å². The molecule has 5 aromatic rings. The minimum Gasteiger partial charge on any atom is -0.464 e. The van der Waals surface area contributed by atoms with E-state index in [1.165, 1.54) is 12.3 Å². The summed E-state index contributed by atoms with van der Waals surface area (Å²) in [4.78, 5) is 57.6. The lowest BCUT2D eigenvalue weighted by atomic mass is 10.0. The number of nitrogens with one attached hydrogen (secondary N) is 3. The lowest BCUT2D eigenvalue weighted by Gasteiger charge is -2.22. The number of hydrogen-bond donors (Lipinski definition) is 4. The van der Waals surface area contributed by atoms with Crippen molar-refractivity contribution in [1.29, 1.82) is 0 Å². The van der Waals surface area contributed by atoms with Crippen LogP contribution in [0.2, 0.25) is 0 Å². The Morgan fingerprint density at radius 1 is 0.915 bits per heavy atom. The SMILES string of the molecule is O=C(O)NN(CCNS(=O)(=O)c1nc2ccccc2s1)C(=O)Cn1ccc(NC(=O)OC(c2ccccc2)c2ccccc2)nc1=O. The third kappa shape index (κ3) is 8.54. The van der Waals surface area contributed by atoms with E-state index in [1.807, 2.05) is 66.1 Å². The molecule has 0 saturated heterocycles. The number of carbonyl (C=O) groups is 3. The van der Waals surface area contributed by atoms with Crippen LogP contribution < -0.4 is 21.2 Å². The smallest absolute Gasteiger partial charge is 0.423 e. The summed E-state index contributed by atoms with van der Waals surface area (Å²) in [6.45, 7) is -1.42. The molecule has 4 N–H and O–H groups in total. The molecule has 0 fully saturated rings. The summed E-state index contributed by atoms with van der Waals surface area (Å²) in [5.74, 6) is -1.03. The first-order valence-electron chi connectivity index (χ1n) is 13.9. The van der Waals surface area contributed by atoms with Crippen LogP contribution in [0.25, 0.3) is 10.2 Å². The number of hydrogen-bond acceptors (Lipinski definition) is 10. The van der Waals surface area contributed by atoms with Gasteiger partial charge in [-0.3, -0.25) is 14.7 Å². The third-order valence-corrected chi connectivity index (χ3v) is 9.38. The third-order valence-electron chi connectivity index (χ3n) is 6.50. The Balaban J connectivity index is 1.20. The van der Waals surface area contributed by atoms with Gasteiger partial charge in [-0.15, -0.1) is 11.3 Å². The van der Waals surface area contributed by atoms with E-state index in [9.17, 15) is 32.7 Å². The number of anilines is 1. The number of para-hydroxylation sites is 1. The molecule has 3 aromatic carbocycles. The summed E-state index contributed by atoms with van der Waals surface area (Å²) < 4.78 is 34.8. The van der Waals surface area contributed by atoms with Crippen molar-refractivity contribution in [3.63, 3.8) is 0 Å². The fourth-order valence-electron chi connectivity index (χ4n) is 4.35. The zero-order valence-corrected chi connectivity index (χ0v) is 26.0. The lowest BCUT2D eigenvalue weighted by molar-refractivity contribution is -0.134. The monoisotopic (exact) mass is 677 g/mol. The normalized spacial score (nSPS) is 11.3. The minimum atomic E-state index is -4.06. The summed E-state index contributed by atoms with van der Waals surface area (Å²) in [6.07, 6.45) is -2.02. The van der Waals surface area contributed by atoms with Crippen molar-refractivity contribution >= 4 is 55.5 Å². The van der Waals surface area contributed by atoms with Crippen LogP contribution in [0.3, 0.4) is 0 Å². The Morgan fingerprint density at radius 2 is 1.55 bits per heavy atom. The zero-order valence-electron chi connectivity index (χ0n) is 24.3. The highest BCUT2D eigenvalue weighted by molar-refractivity contribution is 7.91. The molecule has 5 rings (SSSR count). The molecular formula is C30H27N7O8S2. The van der Waals surface area contributed by atoms with Crippen molar-refractivity contribution < 1.29 is 32.6 Å². The molecule has 47 heavy (non-hydrogen) atoms. The molecule has 2 aromatic heterocycles. The van der Waals surface area contributed by atoms with Crippen LogP contribution in [0, 0.1) is 0 Å². The van der Waals surface area contributed by atoms with Crippen molar-refractivity contribution in [3.05, 3.63) is 119 Å². The predicted molar refractivity (Wildman–Crippen MR) is 171 cm³/mol. The number of amides is 3. The number of rotatable bonds is 11. The number of nitrogens with zero attached hydrogens (tertiary/aromatic N) is 4. The molecule has 0 spiro atoms. The largest absolute Gasteiger partial charge is 0.464 e. The summed E-state index contributed by atoms with van der Waals surface area (Å²) >= 11 is 0.958. The van der Waals surface area contributed by atoms with E-state index in [0.29, 0.717) is 15.2 Å². The van der Waals surface area contributed by atoms with Gasteiger partial charge in [-0.2, -0.15) is 4.98 Å². The van der Waals surface area contributed by atoms with Crippen LogP contribution >= 0.6 is 11.3 Å². The Labute approximate surface area is 271 Å². The maximum atomic E-state index is 12.9. The zero-order chi connectivity index (χ0) is 33.4. The van der Waals surface area contributed by atoms with Crippen LogP contribution in [-0.2, 0) is 26.1 Å². The molecular weight excluding hydrogens is 651 g/mol. The molecule has 2 heterocycles. The van der Waals surface area contributed by atoms with Gasteiger partial charge in [0.05, 0.1) is 16.8 Å². The van der Waals surface area contributed by atoms with E-state index >= 15 is 0 Å². The molecule has 0 radical (unpaired) electrons. The molecule has 17 heteroatoms. The van der Waals surface area contributed by atoms with Gasteiger partial charge in [-0.05, 0) is 29.3 Å². The van der Waals surface area contributed by atoms with E-state index < -0.39 is 53.0 Å². The van der Waals surface area contributed by atoms with Crippen LogP contribution in [0.5, 0.6) is 0 Å². The van der Waals surface area contributed by atoms with E-state index in [-0.39, 0.29) is 16.7 Å². The van der Waals surface area contributed by atoms with E-state index in [4.69, 9.17) is 4.74 Å². The topological polar surface area (TPSA) is 202 Å². The molecule has 0 saturated carbocycles. The minimum absolute atomic E-state index is 0.145. The number of carbonyl (C=O) groups excluding carboxylic acids is 2. The molecule has 0 aliphatic rings.